The number of aryl methyl sites for hydroxylation is 1. The summed E-state index contributed by atoms with van der Waals surface area (Å²) in [4.78, 5) is 25.8. The van der Waals surface area contributed by atoms with Gasteiger partial charge < -0.3 is 10.6 Å². The average Bonchev–Trinajstić information content (AvgIpc) is 2.96. The van der Waals surface area contributed by atoms with E-state index in [1.165, 1.54) is 19.3 Å². The number of hydrogen-bond donors (Lipinski definition) is 1. The molecule has 1 aromatic rings. The van der Waals surface area contributed by atoms with Crippen molar-refractivity contribution in [1.29, 1.82) is 0 Å². The van der Waals surface area contributed by atoms with Gasteiger partial charge in [0.1, 0.15) is 0 Å². The van der Waals surface area contributed by atoms with Gasteiger partial charge in [0.25, 0.3) is 0 Å². The number of likely N-dealkylation sites (tertiary alicyclic amines) is 1. The fraction of sp³-hybridized carbons (Fsp3) is 0.600. The summed E-state index contributed by atoms with van der Waals surface area (Å²) in [5.41, 5.74) is 7.22. The Kier molecular flexibility index (Phi) is 6.00. The molecule has 0 radical (unpaired) electrons. The van der Waals surface area contributed by atoms with Gasteiger partial charge in [-0.05, 0) is 49.3 Å². The molecule has 3 rings (SSSR count). The van der Waals surface area contributed by atoms with Crippen molar-refractivity contribution in [3.05, 3.63) is 34.3 Å². The fourth-order valence-corrected chi connectivity index (χ4v) is 4.43. The zero-order valence-electron chi connectivity index (χ0n) is 14.7. The van der Waals surface area contributed by atoms with Crippen molar-refractivity contribution < 1.29 is 9.59 Å². The molecule has 2 fully saturated rings. The fourth-order valence-electron chi connectivity index (χ4n) is 4.15. The van der Waals surface area contributed by atoms with Gasteiger partial charge in [-0.15, -0.1) is 0 Å². The summed E-state index contributed by atoms with van der Waals surface area (Å²) in [6.45, 7) is 0.891. The summed E-state index contributed by atoms with van der Waals surface area (Å²) < 4.78 is 0. The molecule has 25 heavy (non-hydrogen) atoms. The Hall–Kier alpha value is -1.55. The number of carbonyl (C=O) groups is 2. The Morgan fingerprint density at radius 1 is 1.20 bits per heavy atom. The highest BCUT2D eigenvalue weighted by Crippen LogP contribution is 2.31. The van der Waals surface area contributed by atoms with Crippen molar-refractivity contribution in [2.24, 2.45) is 11.7 Å². The Bertz CT molecular complexity index is 641. The highest BCUT2D eigenvalue weighted by molar-refractivity contribution is 6.31. The van der Waals surface area contributed by atoms with Gasteiger partial charge in [0, 0.05) is 29.9 Å². The first-order valence-electron chi connectivity index (χ1n) is 9.40. The van der Waals surface area contributed by atoms with Crippen LogP contribution in [0.25, 0.3) is 0 Å². The van der Waals surface area contributed by atoms with Crippen LogP contribution in [-0.2, 0) is 22.4 Å². The van der Waals surface area contributed by atoms with Crippen LogP contribution in [0.4, 0.5) is 0 Å². The highest BCUT2D eigenvalue weighted by Gasteiger charge is 2.36. The topological polar surface area (TPSA) is 63.4 Å². The molecule has 2 N–H and O–H groups in total. The van der Waals surface area contributed by atoms with Gasteiger partial charge in [0.15, 0.2) is 0 Å². The van der Waals surface area contributed by atoms with Crippen LogP contribution in [0.1, 0.15) is 56.1 Å². The molecule has 0 bridgehead atoms. The first-order valence-corrected chi connectivity index (χ1v) is 9.78. The number of hydrogen-bond acceptors (Lipinski definition) is 2. The molecular formula is C20H27ClN2O2. The number of nitrogens with two attached hydrogens (primary N) is 1. The largest absolute Gasteiger partial charge is 0.370 e. The molecule has 1 heterocycles. The number of primary amides is 1. The molecule has 5 heteroatoms. The van der Waals surface area contributed by atoms with Crippen LogP contribution >= 0.6 is 11.6 Å². The quantitative estimate of drug-likeness (QED) is 0.842. The summed E-state index contributed by atoms with van der Waals surface area (Å²) in [7, 11) is 0. The molecule has 2 aliphatic rings. The third-order valence-electron chi connectivity index (χ3n) is 5.61. The second-order valence-corrected chi connectivity index (χ2v) is 7.81. The van der Waals surface area contributed by atoms with E-state index in [0.29, 0.717) is 36.2 Å². The Balaban J connectivity index is 1.60. The summed E-state index contributed by atoms with van der Waals surface area (Å²) in [5, 5.41) is 0.686. The van der Waals surface area contributed by atoms with Crippen molar-refractivity contribution >= 4 is 23.4 Å². The molecule has 1 saturated carbocycles. The molecule has 0 spiro atoms. The van der Waals surface area contributed by atoms with Gasteiger partial charge >= 0.3 is 0 Å². The van der Waals surface area contributed by atoms with Gasteiger partial charge in [0.2, 0.25) is 11.8 Å². The zero-order valence-corrected chi connectivity index (χ0v) is 15.4. The van der Waals surface area contributed by atoms with E-state index in [2.05, 4.69) is 4.90 Å². The van der Waals surface area contributed by atoms with E-state index in [1.807, 2.05) is 18.2 Å². The molecule has 1 aliphatic carbocycles. The van der Waals surface area contributed by atoms with Crippen LogP contribution in [-0.4, -0.2) is 29.3 Å². The van der Waals surface area contributed by atoms with E-state index in [9.17, 15) is 9.59 Å². The van der Waals surface area contributed by atoms with Crippen molar-refractivity contribution in [2.45, 2.75) is 63.8 Å². The molecule has 0 aromatic heterocycles. The van der Waals surface area contributed by atoms with Crippen LogP contribution in [0.5, 0.6) is 0 Å². The standard InChI is InChI=1S/C20H27ClN2O2/c21-18-12-14(7-9-19(22)24)6-8-15(18)13-16-10-11-23(20(16)25)17-4-2-1-3-5-17/h6,8,12,16-17H,1-5,7,9-11,13H2,(H2,22,24). The van der Waals surface area contributed by atoms with Gasteiger partial charge in [-0.2, -0.15) is 0 Å². The zero-order chi connectivity index (χ0) is 17.8. The summed E-state index contributed by atoms with van der Waals surface area (Å²) >= 11 is 6.41. The molecule has 4 nitrogen and oxygen atoms in total. The summed E-state index contributed by atoms with van der Waals surface area (Å²) in [6, 6.07) is 6.34. The molecular weight excluding hydrogens is 336 g/mol. The third kappa shape index (κ3) is 4.55. The lowest BCUT2D eigenvalue weighted by molar-refractivity contribution is -0.133. The molecule has 136 valence electrons. The maximum absolute atomic E-state index is 12.8. The maximum atomic E-state index is 12.8. The molecule has 1 unspecified atom stereocenters. The lowest BCUT2D eigenvalue weighted by Crippen LogP contribution is -2.39. The van der Waals surface area contributed by atoms with E-state index in [-0.39, 0.29) is 11.8 Å². The normalized spacial score (nSPS) is 21.7. The predicted octanol–water partition coefficient (Wildman–Crippen LogP) is 3.48. The van der Waals surface area contributed by atoms with Gasteiger partial charge in [0.05, 0.1) is 0 Å². The van der Waals surface area contributed by atoms with Crippen LogP contribution < -0.4 is 5.73 Å². The molecule has 1 saturated heterocycles. The van der Waals surface area contributed by atoms with Crippen molar-refractivity contribution in [3.8, 4) is 0 Å². The number of rotatable bonds is 6. The monoisotopic (exact) mass is 362 g/mol. The number of carbonyl (C=O) groups excluding carboxylic acids is 2. The number of benzene rings is 1. The Morgan fingerprint density at radius 3 is 2.64 bits per heavy atom. The third-order valence-corrected chi connectivity index (χ3v) is 5.96. The summed E-state index contributed by atoms with van der Waals surface area (Å²) in [6.07, 6.45) is 8.68. The minimum absolute atomic E-state index is 0.0518. The summed E-state index contributed by atoms with van der Waals surface area (Å²) in [5.74, 6) is 0.0521. The van der Waals surface area contributed by atoms with E-state index in [1.54, 1.807) is 0 Å². The van der Waals surface area contributed by atoms with E-state index >= 15 is 0 Å². The molecule has 1 aromatic carbocycles. The predicted molar refractivity (Wildman–Crippen MR) is 99.4 cm³/mol. The molecule has 1 aliphatic heterocycles. The van der Waals surface area contributed by atoms with Crippen LogP contribution in [0, 0.1) is 5.92 Å². The second-order valence-electron chi connectivity index (χ2n) is 7.41. The van der Waals surface area contributed by atoms with Crippen LogP contribution in [0.2, 0.25) is 5.02 Å². The minimum atomic E-state index is -0.306. The van der Waals surface area contributed by atoms with Crippen molar-refractivity contribution in [1.82, 2.24) is 4.90 Å². The first-order chi connectivity index (χ1) is 12.0. The SMILES string of the molecule is NC(=O)CCc1ccc(CC2CCN(C3CCCCC3)C2=O)c(Cl)c1. The van der Waals surface area contributed by atoms with E-state index < -0.39 is 0 Å². The van der Waals surface area contributed by atoms with Crippen LogP contribution in [0.3, 0.4) is 0 Å². The van der Waals surface area contributed by atoms with Crippen molar-refractivity contribution in [2.75, 3.05) is 6.54 Å². The molecule has 1 atom stereocenters. The van der Waals surface area contributed by atoms with Gasteiger partial charge in [-0.3, -0.25) is 9.59 Å². The smallest absolute Gasteiger partial charge is 0.226 e. The van der Waals surface area contributed by atoms with Gasteiger partial charge in [-0.1, -0.05) is 43.0 Å². The number of halogens is 1. The highest BCUT2D eigenvalue weighted by atomic mass is 35.5. The minimum Gasteiger partial charge on any atom is -0.370 e. The Labute approximate surface area is 154 Å². The van der Waals surface area contributed by atoms with Crippen molar-refractivity contribution in [3.63, 3.8) is 0 Å². The second kappa shape index (κ2) is 8.22. The van der Waals surface area contributed by atoms with E-state index in [4.69, 9.17) is 17.3 Å². The molecule has 2 amide bonds. The van der Waals surface area contributed by atoms with E-state index in [0.717, 1.165) is 36.9 Å². The number of nitrogens with zero attached hydrogens (tertiary/aromatic N) is 1. The van der Waals surface area contributed by atoms with Crippen LogP contribution in [0.15, 0.2) is 18.2 Å². The maximum Gasteiger partial charge on any atom is 0.226 e. The average molecular weight is 363 g/mol. The first kappa shape index (κ1) is 18.2. The number of amides is 2. The van der Waals surface area contributed by atoms with Gasteiger partial charge in [-0.25, -0.2) is 0 Å². The lowest BCUT2D eigenvalue weighted by atomic mass is 9.94. The lowest BCUT2D eigenvalue weighted by Gasteiger charge is -2.31. The Morgan fingerprint density at radius 2 is 1.96 bits per heavy atom.